The topological polar surface area (TPSA) is 68.9 Å². The summed E-state index contributed by atoms with van der Waals surface area (Å²) in [5, 5.41) is 6.95. The first-order valence-corrected chi connectivity index (χ1v) is 4.91. The van der Waals surface area contributed by atoms with E-state index in [0.717, 1.165) is 15.7 Å². The number of aromatic nitrogens is 3. The highest BCUT2D eigenvalue weighted by Gasteiger charge is 2.33. The quantitative estimate of drug-likeness (QED) is 0.700. The lowest BCUT2D eigenvalue weighted by Gasteiger charge is -2.06. The molecule has 0 spiro atoms. The number of hydrogen-bond donors (Lipinski definition) is 1. The van der Waals surface area contributed by atoms with Gasteiger partial charge < -0.3 is 5.32 Å². The van der Waals surface area contributed by atoms with Gasteiger partial charge in [0.25, 0.3) is 5.56 Å². The molecule has 0 aliphatic heterocycles. The monoisotopic (exact) mass is 210 g/mol. The fraction of sp³-hybridized carbons (Fsp3) is 0.667. The second-order valence-corrected chi connectivity index (χ2v) is 4.08. The van der Waals surface area contributed by atoms with Crippen molar-refractivity contribution >= 4 is 5.82 Å². The highest BCUT2D eigenvalue weighted by atomic mass is 16.2. The van der Waals surface area contributed by atoms with Gasteiger partial charge in [0.1, 0.15) is 0 Å². The molecule has 1 N–H and O–H groups in total. The van der Waals surface area contributed by atoms with Gasteiger partial charge in [0.15, 0.2) is 0 Å². The van der Waals surface area contributed by atoms with E-state index in [1.54, 1.807) is 0 Å². The Bertz CT molecular complexity index is 502. The predicted octanol–water partition coefficient (Wildman–Crippen LogP) is -0.701. The molecule has 2 unspecified atom stereocenters. The Morgan fingerprint density at radius 1 is 1.40 bits per heavy atom. The van der Waals surface area contributed by atoms with Crippen LogP contribution >= 0.6 is 0 Å². The first-order valence-electron chi connectivity index (χ1n) is 4.91. The molecule has 1 saturated carbocycles. The van der Waals surface area contributed by atoms with E-state index in [1.165, 1.54) is 14.1 Å². The molecule has 2 atom stereocenters. The van der Waals surface area contributed by atoms with Crippen molar-refractivity contribution in [2.75, 3.05) is 5.32 Å². The van der Waals surface area contributed by atoms with E-state index >= 15 is 0 Å². The van der Waals surface area contributed by atoms with Gasteiger partial charge in [-0.25, -0.2) is 9.48 Å². The summed E-state index contributed by atoms with van der Waals surface area (Å²) in [6.07, 6.45) is 1.05. The molecule has 1 aliphatic rings. The zero-order valence-electron chi connectivity index (χ0n) is 9.02. The molecule has 1 heterocycles. The Kier molecular flexibility index (Phi) is 2.13. The van der Waals surface area contributed by atoms with Crippen molar-refractivity contribution in [3.8, 4) is 0 Å². The molecule has 1 aromatic rings. The normalized spacial score (nSPS) is 23.9. The molecular formula is C9H14N4O2. The number of nitrogens with one attached hydrogen (secondary N) is 1. The maximum absolute atomic E-state index is 11.6. The Hall–Kier alpha value is -1.59. The third kappa shape index (κ3) is 1.67. The summed E-state index contributed by atoms with van der Waals surface area (Å²) >= 11 is 0. The number of hydrogen-bond acceptors (Lipinski definition) is 4. The van der Waals surface area contributed by atoms with Crippen LogP contribution in [0.5, 0.6) is 0 Å². The number of nitrogens with zero attached hydrogens (tertiary/aromatic N) is 3. The molecule has 15 heavy (non-hydrogen) atoms. The molecule has 0 radical (unpaired) electrons. The first kappa shape index (κ1) is 9.95. The van der Waals surface area contributed by atoms with Gasteiger partial charge in [0, 0.05) is 20.1 Å². The summed E-state index contributed by atoms with van der Waals surface area (Å²) in [6.45, 7) is 2.10. The third-order valence-electron chi connectivity index (χ3n) is 2.75. The van der Waals surface area contributed by atoms with Crippen LogP contribution < -0.4 is 16.6 Å². The summed E-state index contributed by atoms with van der Waals surface area (Å²) in [6, 6.07) is 0.322. The van der Waals surface area contributed by atoms with Crippen LogP contribution in [0, 0.1) is 5.92 Å². The smallest absolute Gasteiger partial charge is 0.346 e. The van der Waals surface area contributed by atoms with Gasteiger partial charge in [0.2, 0.25) is 5.82 Å². The Balaban J connectivity index is 2.40. The van der Waals surface area contributed by atoms with Crippen molar-refractivity contribution in [2.24, 2.45) is 20.0 Å². The van der Waals surface area contributed by atoms with E-state index in [2.05, 4.69) is 17.3 Å². The Labute approximate surface area is 86.5 Å². The molecule has 1 aliphatic carbocycles. The average Bonchev–Trinajstić information content (AvgIpc) is 2.87. The van der Waals surface area contributed by atoms with Gasteiger partial charge in [-0.3, -0.25) is 9.36 Å². The molecule has 82 valence electrons. The molecule has 6 heteroatoms. The van der Waals surface area contributed by atoms with Gasteiger partial charge in [-0.2, -0.15) is 0 Å². The van der Waals surface area contributed by atoms with Crippen molar-refractivity contribution in [1.82, 2.24) is 14.3 Å². The molecule has 1 fully saturated rings. The molecule has 0 amide bonds. The lowest BCUT2D eigenvalue weighted by atomic mass is 10.5. The van der Waals surface area contributed by atoms with Crippen LogP contribution in [0.1, 0.15) is 13.3 Å². The van der Waals surface area contributed by atoms with Crippen molar-refractivity contribution in [2.45, 2.75) is 19.4 Å². The second kappa shape index (κ2) is 3.22. The molecule has 6 nitrogen and oxygen atoms in total. The van der Waals surface area contributed by atoms with Crippen LogP contribution in [0.25, 0.3) is 0 Å². The second-order valence-electron chi connectivity index (χ2n) is 4.08. The summed E-state index contributed by atoms with van der Waals surface area (Å²) < 4.78 is 2.22. The van der Waals surface area contributed by atoms with Gasteiger partial charge >= 0.3 is 5.69 Å². The third-order valence-corrected chi connectivity index (χ3v) is 2.75. The lowest BCUT2D eigenvalue weighted by Crippen LogP contribution is -2.40. The highest BCUT2D eigenvalue weighted by Crippen LogP contribution is 2.31. The Morgan fingerprint density at radius 3 is 2.53 bits per heavy atom. The van der Waals surface area contributed by atoms with Crippen LogP contribution in [0.4, 0.5) is 5.82 Å². The Morgan fingerprint density at radius 2 is 2.00 bits per heavy atom. The lowest BCUT2D eigenvalue weighted by molar-refractivity contribution is 0.603. The molecule has 1 aromatic heterocycles. The van der Waals surface area contributed by atoms with E-state index < -0.39 is 5.69 Å². The molecule has 0 bridgehead atoms. The minimum Gasteiger partial charge on any atom is -0.361 e. The van der Waals surface area contributed by atoms with Crippen LogP contribution in [-0.4, -0.2) is 20.4 Å². The molecule has 0 saturated heterocycles. The van der Waals surface area contributed by atoms with Crippen LogP contribution in [0.15, 0.2) is 9.59 Å². The average molecular weight is 210 g/mol. The van der Waals surface area contributed by atoms with E-state index in [1.807, 2.05) is 0 Å². The largest absolute Gasteiger partial charge is 0.361 e. The molecule has 2 rings (SSSR count). The minimum atomic E-state index is -0.408. The maximum Gasteiger partial charge on any atom is 0.346 e. The number of aryl methyl sites for hydroxylation is 1. The van der Waals surface area contributed by atoms with Crippen molar-refractivity contribution in [1.29, 1.82) is 0 Å². The standard InChI is InChI=1S/C9H14N4O2/c1-5-4-6(5)10-7-8(14)12(2)9(15)13(3)11-7/h5-6H,4H2,1-3H3,(H,10,11). The first-order chi connectivity index (χ1) is 7.00. The van der Waals surface area contributed by atoms with Crippen LogP contribution in [0.2, 0.25) is 0 Å². The number of anilines is 1. The summed E-state index contributed by atoms with van der Waals surface area (Å²) in [5.74, 6) is 0.836. The van der Waals surface area contributed by atoms with E-state index in [0.29, 0.717) is 12.0 Å². The van der Waals surface area contributed by atoms with Gasteiger partial charge in [-0.05, 0) is 12.3 Å². The van der Waals surface area contributed by atoms with Gasteiger partial charge in [-0.15, -0.1) is 5.10 Å². The van der Waals surface area contributed by atoms with Crippen LogP contribution in [-0.2, 0) is 14.1 Å². The predicted molar refractivity (Wildman–Crippen MR) is 55.9 cm³/mol. The fourth-order valence-electron chi connectivity index (χ4n) is 1.49. The molecular weight excluding hydrogens is 196 g/mol. The number of rotatable bonds is 2. The minimum absolute atomic E-state index is 0.258. The SMILES string of the molecule is CC1CC1Nc1nn(C)c(=O)n(C)c1=O. The van der Waals surface area contributed by atoms with Crippen LogP contribution in [0.3, 0.4) is 0 Å². The van der Waals surface area contributed by atoms with Crippen molar-refractivity contribution in [3.63, 3.8) is 0 Å². The van der Waals surface area contributed by atoms with Crippen molar-refractivity contribution < 1.29 is 0 Å². The zero-order valence-corrected chi connectivity index (χ0v) is 9.02. The zero-order chi connectivity index (χ0) is 11.2. The maximum atomic E-state index is 11.6. The summed E-state index contributed by atoms with van der Waals surface area (Å²) in [7, 11) is 2.98. The molecule has 0 aromatic carbocycles. The van der Waals surface area contributed by atoms with Crippen molar-refractivity contribution in [3.05, 3.63) is 20.8 Å². The highest BCUT2D eigenvalue weighted by molar-refractivity contribution is 5.33. The van der Waals surface area contributed by atoms with Gasteiger partial charge in [0.05, 0.1) is 0 Å². The van der Waals surface area contributed by atoms with E-state index in [-0.39, 0.29) is 11.4 Å². The fourth-order valence-corrected chi connectivity index (χ4v) is 1.49. The van der Waals surface area contributed by atoms with E-state index in [4.69, 9.17) is 0 Å². The summed E-state index contributed by atoms with van der Waals surface area (Å²) in [5.41, 5.74) is -0.772. The van der Waals surface area contributed by atoms with Gasteiger partial charge in [-0.1, -0.05) is 6.92 Å². The van der Waals surface area contributed by atoms with E-state index in [9.17, 15) is 9.59 Å². The summed E-state index contributed by atoms with van der Waals surface area (Å²) in [4.78, 5) is 23.0.